The summed E-state index contributed by atoms with van der Waals surface area (Å²) in [6.45, 7) is -3.31. The molecule has 1 aliphatic heterocycles. The van der Waals surface area contributed by atoms with Crippen LogP contribution in [0.25, 0.3) is 0 Å². The highest BCUT2D eigenvalue weighted by Gasteiger charge is 2.32. The Morgan fingerprint density at radius 1 is 1.13 bits per heavy atom. The van der Waals surface area contributed by atoms with E-state index < -0.39 is 41.2 Å². The first-order chi connectivity index (χ1) is 21.3. The average Bonchev–Trinajstić information content (AvgIpc) is 3.71. The van der Waals surface area contributed by atoms with Crippen molar-refractivity contribution in [2.24, 2.45) is 5.92 Å². The van der Waals surface area contributed by atoms with Crippen LogP contribution in [-0.2, 0) is 37.2 Å². The minimum Gasteiger partial charge on any atom is -0.619 e. The maximum atomic E-state index is 13.3. The molecule has 1 aromatic heterocycles. The van der Waals surface area contributed by atoms with Crippen molar-refractivity contribution in [1.82, 2.24) is 0 Å². The molecule has 0 unspecified atom stereocenters. The van der Waals surface area contributed by atoms with Crippen LogP contribution in [-0.4, -0.2) is 46.3 Å². The second-order valence-electron chi connectivity index (χ2n) is 10.7. The van der Waals surface area contributed by atoms with Gasteiger partial charge in [-0.25, -0.2) is 8.42 Å². The molecule has 0 saturated heterocycles. The molecule has 5 rings (SSSR count). The minimum absolute atomic E-state index is 0.00330. The van der Waals surface area contributed by atoms with E-state index in [1.807, 2.05) is 0 Å². The first kappa shape index (κ1) is 32.5. The lowest BCUT2D eigenvalue weighted by molar-refractivity contribution is -0.605. The summed E-state index contributed by atoms with van der Waals surface area (Å²) in [6.07, 6.45) is 3.76. The molecule has 3 aromatic rings. The maximum absolute atomic E-state index is 13.3. The summed E-state index contributed by atoms with van der Waals surface area (Å²) < 4.78 is 68.4. The number of hydrogen-bond donors (Lipinski definition) is 1. The van der Waals surface area contributed by atoms with Crippen molar-refractivity contribution in [2.75, 3.05) is 29.0 Å². The van der Waals surface area contributed by atoms with Crippen molar-refractivity contribution in [1.29, 1.82) is 0 Å². The van der Waals surface area contributed by atoms with E-state index >= 15 is 0 Å². The second kappa shape index (κ2) is 13.2. The van der Waals surface area contributed by atoms with Gasteiger partial charge in [0.15, 0.2) is 23.9 Å². The fraction of sp³-hybridized carbons (Fsp3) is 0.345. The fourth-order valence-corrected chi connectivity index (χ4v) is 5.97. The summed E-state index contributed by atoms with van der Waals surface area (Å²) in [7, 11) is -3.55. The lowest BCUT2D eigenvalue weighted by Crippen LogP contribution is -2.34. The van der Waals surface area contributed by atoms with E-state index in [9.17, 15) is 32.0 Å². The molecular weight excluding hydrogens is 659 g/mol. The molecule has 1 amide bonds. The number of amides is 1. The van der Waals surface area contributed by atoms with Gasteiger partial charge in [-0.15, -0.1) is 0 Å². The van der Waals surface area contributed by atoms with Crippen LogP contribution in [0.3, 0.4) is 0 Å². The van der Waals surface area contributed by atoms with E-state index in [-0.39, 0.29) is 52.2 Å². The van der Waals surface area contributed by atoms with Crippen molar-refractivity contribution in [2.45, 2.75) is 38.4 Å². The van der Waals surface area contributed by atoms with Gasteiger partial charge >= 0.3 is 12.6 Å². The van der Waals surface area contributed by atoms with Crippen LogP contribution in [0.15, 0.2) is 48.8 Å². The van der Waals surface area contributed by atoms with Gasteiger partial charge < -0.3 is 24.3 Å². The molecule has 1 saturated carbocycles. The van der Waals surface area contributed by atoms with Crippen molar-refractivity contribution in [3.8, 4) is 11.5 Å². The zero-order valence-corrected chi connectivity index (χ0v) is 26.0. The first-order valence-corrected chi connectivity index (χ1v) is 16.3. The summed E-state index contributed by atoms with van der Waals surface area (Å²) in [5.41, 5.74) is 1.80. The number of carbonyl (C=O) groups excluding carboxylic acids is 2. The molecule has 2 heterocycles. The van der Waals surface area contributed by atoms with Gasteiger partial charge in [0.1, 0.15) is 22.7 Å². The summed E-state index contributed by atoms with van der Waals surface area (Å²) in [5.74, 6) is -1.12. The van der Waals surface area contributed by atoms with Crippen LogP contribution in [0.5, 0.6) is 11.5 Å². The molecule has 0 spiro atoms. The Bertz CT molecular complexity index is 1720. The third-order valence-corrected chi connectivity index (χ3v) is 8.31. The number of rotatable bonds is 13. The smallest absolute Gasteiger partial charge is 0.387 e. The number of aromatic nitrogens is 1. The number of esters is 1. The number of halogens is 4. The van der Waals surface area contributed by atoms with Crippen LogP contribution in [0.4, 0.5) is 20.2 Å². The summed E-state index contributed by atoms with van der Waals surface area (Å²) >= 11 is 12.6. The van der Waals surface area contributed by atoms with Crippen molar-refractivity contribution in [3.05, 3.63) is 80.7 Å². The predicted molar refractivity (Wildman–Crippen MR) is 160 cm³/mol. The molecular formula is C29H27Cl2F2N3O8S. The van der Waals surface area contributed by atoms with Gasteiger partial charge in [-0.3, -0.25) is 14.3 Å². The highest BCUT2D eigenvalue weighted by molar-refractivity contribution is 7.92. The molecule has 1 atom stereocenters. The molecule has 16 heteroatoms. The lowest BCUT2D eigenvalue weighted by Gasteiger charge is -2.23. The van der Waals surface area contributed by atoms with Crippen LogP contribution < -0.4 is 23.8 Å². The maximum Gasteiger partial charge on any atom is 0.387 e. The molecule has 1 N–H and O–H groups in total. The standard InChI is InChI=1S/C29H27Cl2F2N3O8S/c1-45(40,41)34-19-5-6-23-18(8-19)10-27(37)36(23)14-28(38)43-25(11-20-21(30)12-35(39)13-22(20)31)17-4-7-24(44-29(32)33)26(9-17)42-15-16-2-3-16/h4-9,12-13,16,25,29,34H,2-3,10-11,14-15H2,1H3/t25-/m0/s1. The number of ether oxygens (including phenoxy) is 3. The van der Waals surface area contributed by atoms with E-state index in [4.69, 9.17) is 32.7 Å². The first-order valence-electron chi connectivity index (χ1n) is 13.6. The van der Waals surface area contributed by atoms with E-state index in [1.165, 1.54) is 41.3 Å². The number of fused-ring (bicyclic) bond motifs is 1. The molecule has 11 nitrogen and oxygen atoms in total. The quantitative estimate of drug-likeness (QED) is 0.154. The zero-order chi connectivity index (χ0) is 32.5. The van der Waals surface area contributed by atoms with Gasteiger partial charge in [0.2, 0.25) is 15.9 Å². The minimum atomic E-state index is -3.55. The number of anilines is 2. The summed E-state index contributed by atoms with van der Waals surface area (Å²) in [4.78, 5) is 27.4. The van der Waals surface area contributed by atoms with Gasteiger partial charge in [-0.2, -0.15) is 13.5 Å². The SMILES string of the molecule is CS(=O)(=O)Nc1ccc2c(c1)CC(=O)N2CC(=O)O[C@@H](Cc1c(Cl)c[n+]([O-])cc1Cl)c1ccc(OC(F)F)c(OCC2CC2)c1. The van der Waals surface area contributed by atoms with Crippen molar-refractivity contribution in [3.63, 3.8) is 0 Å². The van der Waals surface area contributed by atoms with Gasteiger partial charge in [0.05, 0.1) is 19.3 Å². The Hall–Kier alpha value is -3.88. The predicted octanol–water partition coefficient (Wildman–Crippen LogP) is 4.80. The number of nitrogens with one attached hydrogen (secondary N) is 1. The number of carbonyl (C=O) groups is 2. The Morgan fingerprint density at radius 3 is 2.49 bits per heavy atom. The molecule has 45 heavy (non-hydrogen) atoms. The third-order valence-electron chi connectivity index (χ3n) is 7.05. The summed E-state index contributed by atoms with van der Waals surface area (Å²) in [5, 5.41) is 11.8. The van der Waals surface area contributed by atoms with Crippen LogP contribution in [0.1, 0.15) is 35.6 Å². The normalized spacial score (nSPS) is 15.2. The van der Waals surface area contributed by atoms with Crippen molar-refractivity contribution < 1.29 is 45.7 Å². The largest absolute Gasteiger partial charge is 0.619 e. The molecule has 240 valence electrons. The van der Waals surface area contributed by atoms with Gasteiger partial charge in [0.25, 0.3) is 0 Å². The lowest BCUT2D eigenvalue weighted by atomic mass is 10.0. The average molecular weight is 687 g/mol. The fourth-order valence-electron chi connectivity index (χ4n) is 4.82. The van der Waals surface area contributed by atoms with Gasteiger partial charge in [-0.1, -0.05) is 29.3 Å². The second-order valence-corrected chi connectivity index (χ2v) is 13.3. The number of benzene rings is 2. The van der Waals surface area contributed by atoms with Crippen molar-refractivity contribution >= 4 is 56.5 Å². The van der Waals surface area contributed by atoms with E-state index in [2.05, 4.69) is 9.46 Å². The van der Waals surface area contributed by atoms with E-state index in [0.717, 1.165) is 31.5 Å². The van der Waals surface area contributed by atoms with E-state index in [0.29, 0.717) is 27.5 Å². The van der Waals surface area contributed by atoms with Gasteiger partial charge in [0, 0.05) is 23.4 Å². The molecule has 1 fully saturated rings. The summed E-state index contributed by atoms with van der Waals surface area (Å²) in [6, 6.07) is 8.61. The Labute approximate surface area is 267 Å². The highest BCUT2D eigenvalue weighted by Crippen LogP contribution is 2.38. The number of sulfonamides is 1. The van der Waals surface area contributed by atoms with Gasteiger partial charge in [-0.05, 0) is 60.2 Å². The number of alkyl halides is 2. The molecule has 2 aliphatic rings. The van der Waals surface area contributed by atoms with Crippen LogP contribution in [0, 0.1) is 11.1 Å². The number of hydrogen-bond acceptors (Lipinski definition) is 8. The third kappa shape index (κ3) is 8.44. The van der Waals surface area contributed by atoms with Crippen LogP contribution in [0.2, 0.25) is 10.0 Å². The highest BCUT2D eigenvalue weighted by atomic mass is 35.5. The molecule has 0 radical (unpaired) electrons. The molecule has 2 aromatic carbocycles. The molecule has 1 aliphatic carbocycles. The monoisotopic (exact) mass is 685 g/mol. The Morgan fingerprint density at radius 2 is 1.84 bits per heavy atom. The van der Waals surface area contributed by atoms with Crippen LogP contribution >= 0.6 is 23.2 Å². The Kier molecular flexibility index (Phi) is 9.56. The number of nitrogens with zero attached hydrogens (tertiary/aromatic N) is 2. The number of pyridine rings is 1. The zero-order valence-electron chi connectivity index (χ0n) is 23.7. The van der Waals surface area contributed by atoms with E-state index in [1.54, 1.807) is 0 Å². The Balaban J connectivity index is 1.42. The topological polar surface area (TPSA) is 138 Å². The molecule has 0 bridgehead atoms.